The average molecular weight is 307 g/mol. The van der Waals surface area contributed by atoms with Gasteiger partial charge in [-0.3, -0.25) is 0 Å². The Bertz CT molecular complexity index is 565. The van der Waals surface area contributed by atoms with E-state index in [1.54, 1.807) is 6.92 Å². The summed E-state index contributed by atoms with van der Waals surface area (Å²) in [5.41, 5.74) is 6.76. The number of nitrogens with two attached hydrogens (primary N) is 1. The SMILES string of the molecule is CCOC(=O)c1c(NCC2(CC)CCC2)sc(C#N)c1N. The minimum atomic E-state index is -0.464. The van der Waals surface area contributed by atoms with E-state index in [0.717, 1.165) is 13.0 Å². The first-order valence-corrected chi connectivity index (χ1v) is 8.12. The lowest BCUT2D eigenvalue weighted by Crippen LogP contribution is -2.35. The number of carbonyl (C=O) groups is 1. The molecular weight excluding hydrogens is 286 g/mol. The summed E-state index contributed by atoms with van der Waals surface area (Å²) in [6, 6.07) is 2.04. The third-order valence-corrected chi connectivity index (χ3v) is 5.38. The molecule has 0 amide bonds. The molecule has 2 rings (SSSR count). The fourth-order valence-electron chi connectivity index (χ4n) is 2.66. The van der Waals surface area contributed by atoms with E-state index in [1.165, 1.54) is 30.6 Å². The van der Waals surface area contributed by atoms with Gasteiger partial charge in [0.1, 0.15) is 21.5 Å². The number of nitrogens with zero attached hydrogens (tertiary/aromatic N) is 1. The summed E-state index contributed by atoms with van der Waals surface area (Å²) in [5.74, 6) is -0.464. The normalized spacial score (nSPS) is 15.9. The van der Waals surface area contributed by atoms with Gasteiger partial charge >= 0.3 is 5.97 Å². The molecule has 1 saturated carbocycles. The molecular formula is C15H21N3O2S. The van der Waals surface area contributed by atoms with Gasteiger partial charge in [0.2, 0.25) is 0 Å². The van der Waals surface area contributed by atoms with Gasteiger partial charge in [0, 0.05) is 6.54 Å². The van der Waals surface area contributed by atoms with E-state index < -0.39 is 5.97 Å². The molecule has 0 bridgehead atoms. The van der Waals surface area contributed by atoms with Crippen LogP contribution in [0.2, 0.25) is 0 Å². The van der Waals surface area contributed by atoms with E-state index in [0.29, 0.717) is 20.9 Å². The van der Waals surface area contributed by atoms with Gasteiger partial charge < -0.3 is 15.8 Å². The van der Waals surface area contributed by atoms with E-state index in [4.69, 9.17) is 15.7 Å². The van der Waals surface area contributed by atoms with E-state index in [-0.39, 0.29) is 12.3 Å². The number of esters is 1. The molecule has 0 unspecified atom stereocenters. The highest BCUT2D eigenvalue weighted by Crippen LogP contribution is 2.45. The maximum atomic E-state index is 12.0. The molecule has 1 fully saturated rings. The van der Waals surface area contributed by atoms with Crippen LogP contribution >= 0.6 is 11.3 Å². The Kier molecular flexibility index (Phi) is 4.73. The van der Waals surface area contributed by atoms with Gasteiger partial charge in [-0.15, -0.1) is 11.3 Å². The molecule has 0 spiro atoms. The molecule has 3 N–H and O–H groups in total. The topological polar surface area (TPSA) is 88.1 Å². The third kappa shape index (κ3) is 2.98. The van der Waals surface area contributed by atoms with Gasteiger partial charge in [0.25, 0.3) is 0 Å². The number of rotatable bonds is 6. The van der Waals surface area contributed by atoms with E-state index in [9.17, 15) is 4.79 Å². The van der Waals surface area contributed by atoms with Crippen molar-refractivity contribution in [3.05, 3.63) is 10.4 Å². The monoisotopic (exact) mass is 307 g/mol. The predicted octanol–water partition coefficient (Wildman–Crippen LogP) is 3.37. The minimum absolute atomic E-state index is 0.225. The van der Waals surface area contributed by atoms with Crippen LogP contribution in [-0.2, 0) is 4.74 Å². The molecule has 5 nitrogen and oxygen atoms in total. The Morgan fingerprint density at radius 1 is 1.52 bits per heavy atom. The molecule has 0 radical (unpaired) electrons. The lowest BCUT2D eigenvalue weighted by molar-refractivity contribution is 0.0529. The number of thiophene rings is 1. The summed E-state index contributed by atoms with van der Waals surface area (Å²) in [6.07, 6.45) is 4.78. The summed E-state index contributed by atoms with van der Waals surface area (Å²) in [4.78, 5) is 12.4. The van der Waals surface area contributed by atoms with Crippen molar-refractivity contribution in [1.29, 1.82) is 5.26 Å². The predicted molar refractivity (Wildman–Crippen MR) is 84.5 cm³/mol. The van der Waals surface area contributed by atoms with Gasteiger partial charge in [0.05, 0.1) is 12.3 Å². The van der Waals surface area contributed by atoms with Gasteiger partial charge in [-0.1, -0.05) is 13.3 Å². The molecule has 114 valence electrons. The van der Waals surface area contributed by atoms with Crippen molar-refractivity contribution in [1.82, 2.24) is 0 Å². The molecule has 21 heavy (non-hydrogen) atoms. The smallest absolute Gasteiger partial charge is 0.343 e. The lowest BCUT2D eigenvalue weighted by atomic mass is 9.67. The standard InChI is InChI=1S/C15H21N3O2S/c1-3-15(6-5-7-15)9-18-13-11(14(19)20-4-2)12(17)10(8-16)21-13/h18H,3-7,9,17H2,1-2H3. The number of ether oxygens (including phenoxy) is 1. The molecule has 6 heteroatoms. The first-order valence-electron chi connectivity index (χ1n) is 7.30. The van der Waals surface area contributed by atoms with Crippen LogP contribution in [0, 0.1) is 16.7 Å². The number of carbonyl (C=O) groups excluding carboxylic acids is 1. The second-order valence-electron chi connectivity index (χ2n) is 5.44. The molecule has 1 aromatic heterocycles. The summed E-state index contributed by atoms with van der Waals surface area (Å²) in [7, 11) is 0. The van der Waals surface area contributed by atoms with Crippen LogP contribution in [0.4, 0.5) is 10.7 Å². The maximum absolute atomic E-state index is 12.0. The van der Waals surface area contributed by atoms with Crippen molar-refractivity contribution in [3.63, 3.8) is 0 Å². The molecule has 0 aromatic carbocycles. The van der Waals surface area contributed by atoms with Crippen molar-refractivity contribution >= 4 is 28.0 Å². The maximum Gasteiger partial charge on any atom is 0.343 e. The van der Waals surface area contributed by atoms with Crippen molar-refractivity contribution in [2.24, 2.45) is 5.41 Å². The van der Waals surface area contributed by atoms with E-state index in [1.807, 2.05) is 6.07 Å². The number of hydrogen-bond acceptors (Lipinski definition) is 6. The quantitative estimate of drug-likeness (QED) is 0.787. The van der Waals surface area contributed by atoms with Crippen LogP contribution < -0.4 is 11.1 Å². The molecule has 0 atom stereocenters. The van der Waals surface area contributed by atoms with Crippen LogP contribution in [0.15, 0.2) is 0 Å². The van der Waals surface area contributed by atoms with E-state index >= 15 is 0 Å². The molecule has 1 aromatic rings. The Hall–Kier alpha value is -1.74. The number of nitriles is 1. The second kappa shape index (κ2) is 6.35. The zero-order valence-corrected chi connectivity index (χ0v) is 13.3. The number of nitrogens with one attached hydrogen (secondary N) is 1. The highest BCUT2D eigenvalue weighted by molar-refractivity contribution is 7.17. The first kappa shape index (κ1) is 15.6. The van der Waals surface area contributed by atoms with Crippen molar-refractivity contribution in [2.75, 3.05) is 24.2 Å². The Morgan fingerprint density at radius 3 is 2.71 bits per heavy atom. The molecule has 0 saturated heterocycles. The molecule has 1 aliphatic rings. The minimum Gasteiger partial charge on any atom is -0.462 e. The second-order valence-corrected chi connectivity index (χ2v) is 6.46. The van der Waals surface area contributed by atoms with Crippen molar-refractivity contribution in [2.45, 2.75) is 39.5 Å². The third-order valence-electron chi connectivity index (χ3n) is 4.31. The van der Waals surface area contributed by atoms with Crippen LogP contribution in [0.3, 0.4) is 0 Å². The highest BCUT2D eigenvalue weighted by Gasteiger charge is 2.35. The van der Waals surface area contributed by atoms with Crippen molar-refractivity contribution < 1.29 is 9.53 Å². The fourth-order valence-corrected chi connectivity index (χ4v) is 3.56. The number of nitrogen functional groups attached to an aromatic ring is 1. The first-order chi connectivity index (χ1) is 10.1. The van der Waals surface area contributed by atoms with Gasteiger partial charge in [-0.2, -0.15) is 5.26 Å². The van der Waals surface area contributed by atoms with Crippen LogP contribution in [0.1, 0.15) is 54.8 Å². The fraction of sp³-hybridized carbons (Fsp3) is 0.600. The molecule has 1 aliphatic carbocycles. The molecule has 0 aliphatic heterocycles. The number of hydrogen-bond donors (Lipinski definition) is 2. The molecule has 1 heterocycles. The van der Waals surface area contributed by atoms with Crippen LogP contribution in [-0.4, -0.2) is 19.1 Å². The number of anilines is 2. The Labute approximate surface area is 129 Å². The zero-order valence-electron chi connectivity index (χ0n) is 12.5. The van der Waals surface area contributed by atoms with Crippen LogP contribution in [0.25, 0.3) is 0 Å². The largest absolute Gasteiger partial charge is 0.462 e. The van der Waals surface area contributed by atoms with E-state index in [2.05, 4.69) is 12.2 Å². The summed E-state index contributed by atoms with van der Waals surface area (Å²) in [6.45, 7) is 5.03. The van der Waals surface area contributed by atoms with Gasteiger partial charge in [0.15, 0.2) is 0 Å². The average Bonchev–Trinajstić information content (AvgIpc) is 2.74. The zero-order chi connectivity index (χ0) is 15.5. The lowest BCUT2D eigenvalue weighted by Gasteiger charge is -2.41. The highest BCUT2D eigenvalue weighted by atomic mass is 32.1. The van der Waals surface area contributed by atoms with Gasteiger partial charge in [-0.25, -0.2) is 4.79 Å². The summed E-state index contributed by atoms with van der Waals surface area (Å²) >= 11 is 1.23. The summed E-state index contributed by atoms with van der Waals surface area (Å²) < 4.78 is 5.04. The van der Waals surface area contributed by atoms with Crippen LogP contribution in [0.5, 0.6) is 0 Å². The van der Waals surface area contributed by atoms with Gasteiger partial charge in [-0.05, 0) is 31.6 Å². The Balaban J connectivity index is 2.21. The summed E-state index contributed by atoms with van der Waals surface area (Å²) in [5, 5.41) is 13.1. The van der Waals surface area contributed by atoms with Crippen molar-refractivity contribution in [3.8, 4) is 6.07 Å². The Morgan fingerprint density at radius 2 is 2.24 bits per heavy atom.